The van der Waals surface area contributed by atoms with Crippen molar-refractivity contribution in [3.63, 3.8) is 0 Å². The summed E-state index contributed by atoms with van der Waals surface area (Å²) < 4.78 is 53.9. The van der Waals surface area contributed by atoms with E-state index in [-0.39, 0.29) is 19.4 Å². The molecule has 6 atom stereocenters. The van der Waals surface area contributed by atoms with Crippen molar-refractivity contribution in [2.24, 2.45) is 0 Å². The average molecular weight is 867 g/mol. The Morgan fingerprint density at radius 3 is 1.63 bits per heavy atom. The van der Waals surface area contributed by atoms with Gasteiger partial charge in [0.2, 0.25) is 0 Å². The Balaban J connectivity index is 2.48. The van der Waals surface area contributed by atoms with E-state index < -0.39 is 71.2 Å². The minimum absolute atomic E-state index is 0.0513. The van der Waals surface area contributed by atoms with Gasteiger partial charge >= 0.3 is 11.9 Å². The van der Waals surface area contributed by atoms with Crippen molar-refractivity contribution in [1.82, 2.24) is 0 Å². The van der Waals surface area contributed by atoms with E-state index in [9.17, 15) is 37.9 Å². The van der Waals surface area contributed by atoms with E-state index in [1.807, 2.05) is 12.2 Å². The molecule has 13 heteroatoms. The van der Waals surface area contributed by atoms with Crippen molar-refractivity contribution < 1.29 is 56.8 Å². The van der Waals surface area contributed by atoms with Gasteiger partial charge in [-0.2, -0.15) is 8.42 Å². The minimum Gasteiger partial charge on any atom is -0.462 e. The maximum atomic E-state index is 12.8. The highest BCUT2D eigenvalue weighted by Gasteiger charge is 2.46. The maximum Gasteiger partial charge on any atom is 0.306 e. The molecular formula is C47H78O12S. The number of hydrogen-bond acceptors (Lipinski definition) is 11. The Kier molecular flexibility index (Phi) is 33.7. The number of allylic oxidation sites excluding steroid dienone is 12. The largest absolute Gasteiger partial charge is 0.462 e. The van der Waals surface area contributed by atoms with Crippen molar-refractivity contribution in [1.29, 1.82) is 0 Å². The second-order valence-electron chi connectivity index (χ2n) is 15.3. The molecule has 0 aromatic heterocycles. The summed E-state index contributed by atoms with van der Waals surface area (Å²) in [4.78, 5) is 25.4. The summed E-state index contributed by atoms with van der Waals surface area (Å²) in [5.74, 6) is -2.10. The van der Waals surface area contributed by atoms with Crippen LogP contribution in [0.15, 0.2) is 72.9 Å². The van der Waals surface area contributed by atoms with Crippen molar-refractivity contribution in [3.8, 4) is 0 Å². The van der Waals surface area contributed by atoms with Crippen molar-refractivity contribution in [2.45, 2.75) is 192 Å². The lowest BCUT2D eigenvalue weighted by Crippen LogP contribution is -2.60. The van der Waals surface area contributed by atoms with Gasteiger partial charge in [-0.25, -0.2) is 0 Å². The zero-order valence-corrected chi connectivity index (χ0v) is 37.3. The van der Waals surface area contributed by atoms with Gasteiger partial charge in [-0.3, -0.25) is 14.1 Å². The molecule has 1 aliphatic heterocycles. The van der Waals surface area contributed by atoms with Crippen LogP contribution in [0.2, 0.25) is 0 Å². The summed E-state index contributed by atoms with van der Waals surface area (Å²) in [6.07, 6.45) is 36.8. The third kappa shape index (κ3) is 31.0. The lowest BCUT2D eigenvalue weighted by atomic mass is 10.00. The molecule has 0 aliphatic carbocycles. The first kappa shape index (κ1) is 55.1. The van der Waals surface area contributed by atoms with Crippen LogP contribution >= 0.6 is 0 Å². The van der Waals surface area contributed by atoms with Crippen LogP contribution in [-0.4, -0.2) is 96.0 Å². The first-order valence-electron chi connectivity index (χ1n) is 22.5. The summed E-state index contributed by atoms with van der Waals surface area (Å²) >= 11 is 0. The Morgan fingerprint density at radius 1 is 0.583 bits per heavy atom. The normalized spacial score (nSPS) is 20.8. The molecule has 12 nitrogen and oxygen atoms in total. The molecule has 4 N–H and O–H groups in total. The molecule has 1 saturated heterocycles. The molecule has 0 radical (unpaired) electrons. The Hall–Kier alpha value is -2.91. The molecule has 1 rings (SSSR count). The lowest BCUT2D eigenvalue weighted by molar-refractivity contribution is -0.297. The first-order chi connectivity index (χ1) is 29.0. The van der Waals surface area contributed by atoms with E-state index in [0.29, 0.717) is 12.8 Å². The minimum atomic E-state index is -4.61. The number of unbranched alkanes of at least 4 members (excludes halogenated alkanes) is 12. The second kappa shape index (κ2) is 36.7. The van der Waals surface area contributed by atoms with Crippen LogP contribution in [0.3, 0.4) is 0 Å². The number of carbonyl (C=O) groups excluding carboxylic acids is 2. The Morgan fingerprint density at radius 2 is 1.08 bits per heavy atom. The number of carbonyl (C=O) groups is 2. The number of ether oxygens (including phenoxy) is 4. The smallest absolute Gasteiger partial charge is 0.306 e. The number of aliphatic hydroxyl groups is 3. The molecule has 0 spiro atoms. The average Bonchev–Trinajstić information content (AvgIpc) is 3.21. The summed E-state index contributed by atoms with van der Waals surface area (Å²) in [7, 11) is -4.61. The Bertz CT molecular complexity index is 1390. The summed E-state index contributed by atoms with van der Waals surface area (Å²) in [5.41, 5.74) is 0. The summed E-state index contributed by atoms with van der Waals surface area (Å²) in [6, 6.07) is 0. The molecule has 0 amide bonds. The predicted molar refractivity (Wildman–Crippen MR) is 238 cm³/mol. The molecule has 1 fully saturated rings. The van der Waals surface area contributed by atoms with E-state index in [0.717, 1.165) is 77.0 Å². The molecule has 0 aromatic rings. The maximum absolute atomic E-state index is 12.8. The third-order valence-electron chi connectivity index (χ3n) is 9.78. The van der Waals surface area contributed by atoms with Crippen LogP contribution in [-0.2, 0) is 38.7 Å². The molecule has 0 aromatic carbocycles. The van der Waals surface area contributed by atoms with Crippen molar-refractivity contribution in [2.75, 3.05) is 19.0 Å². The van der Waals surface area contributed by atoms with Gasteiger partial charge in [0.15, 0.2) is 12.4 Å². The zero-order chi connectivity index (χ0) is 44.1. The SMILES string of the molecule is CC/C=C/C/C=C/C/C=C/C/C=C/CCCCCCCCC(=O)OCC(CO[C@H]1O[C@H](CS(=O)(=O)O)[C@@H](O)C(O)C1O)OC(=O)CC/C=C/C/C=C/CCCCCCCC. The van der Waals surface area contributed by atoms with Gasteiger partial charge in [-0.05, 0) is 70.6 Å². The fraction of sp³-hybridized carbons (Fsp3) is 0.702. The van der Waals surface area contributed by atoms with Crippen molar-refractivity contribution in [3.05, 3.63) is 72.9 Å². The van der Waals surface area contributed by atoms with Gasteiger partial charge in [0.25, 0.3) is 10.1 Å². The highest BCUT2D eigenvalue weighted by atomic mass is 32.2. The number of rotatable bonds is 36. The van der Waals surface area contributed by atoms with Gasteiger partial charge in [0, 0.05) is 12.8 Å². The van der Waals surface area contributed by atoms with Crippen LogP contribution in [0.1, 0.15) is 155 Å². The number of aliphatic hydroxyl groups excluding tert-OH is 3. The first-order valence-corrected chi connectivity index (χ1v) is 24.1. The van der Waals surface area contributed by atoms with Crippen molar-refractivity contribution >= 4 is 22.1 Å². The monoisotopic (exact) mass is 867 g/mol. The molecule has 1 aliphatic rings. The standard InChI is InChI=1S/C47H78O12S/c1-3-5-7-9-11-13-15-17-18-19-20-21-22-24-25-27-29-31-33-35-42(48)56-37-40(38-57-47-46(52)45(51)44(50)41(59-47)39-60(53,54)55)58-43(49)36-34-32-30-28-26-23-16-14-12-10-8-6-4-2/h5,7,11,13,17-18,20-21,23,26,30,32,40-41,44-47,50-52H,3-4,6,8-10,12,14-16,19,22,24-25,27-29,31,33-39H2,1-2H3,(H,53,54,55)/b7-5+,13-11+,18-17+,21-20+,26-23+,32-30+/t40?,41-,44-,45?,46?,47+/m1/s1. The zero-order valence-electron chi connectivity index (χ0n) is 36.5. The van der Waals surface area contributed by atoms with Gasteiger partial charge in [-0.1, -0.05) is 145 Å². The van der Waals surface area contributed by atoms with Gasteiger partial charge < -0.3 is 34.3 Å². The number of esters is 2. The highest BCUT2D eigenvalue weighted by Crippen LogP contribution is 2.24. The van der Waals surface area contributed by atoms with Gasteiger partial charge in [0.05, 0.1) is 6.61 Å². The molecule has 0 bridgehead atoms. The predicted octanol–water partition coefficient (Wildman–Crippen LogP) is 9.11. The fourth-order valence-electron chi connectivity index (χ4n) is 6.31. The van der Waals surface area contributed by atoms with Crippen LogP contribution in [0, 0.1) is 0 Å². The fourth-order valence-corrected chi connectivity index (χ4v) is 7.00. The van der Waals surface area contributed by atoms with Crippen LogP contribution < -0.4 is 0 Å². The topological polar surface area (TPSA) is 186 Å². The van der Waals surface area contributed by atoms with E-state index in [2.05, 4.69) is 74.6 Å². The molecule has 60 heavy (non-hydrogen) atoms. The lowest BCUT2D eigenvalue weighted by Gasteiger charge is -2.40. The van der Waals surface area contributed by atoms with E-state index >= 15 is 0 Å². The third-order valence-corrected chi connectivity index (χ3v) is 10.5. The van der Waals surface area contributed by atoms with E-state index in [4.69, 9.17) is 18.9 Å². The molecule has 3 unspecified atom stereocenters. The molecule has 344 valence electrons. The Labute approximate surface area is 361 Å². The van der Waals surface area contributed by atoms with Gasteiger partial charge in [-0.15, -0.1) is 0 Å². The van der Waals surface area contributed by atoms with Crippen LogP contribution in [0.25, 0.3) is 0 Å². The summed E-state index contributed by atoms with van der Waals surface area (Å²) in [6.45, 7) is 3.56. The highest BCUT2D eigenvalue weighted by molar-refractivity contribution is 7.85. The van der Waals surface area contributed by atoms with Gasteiger partial charge in [0.1, 0.15) is 36.8 Å². The van der Waals surface area contributed by atoms with Crippen LogP contribution in [0.4, 0.5) is 0 Å². The molecule has 1 heterocycles. The number of hydrogen-bond donors (Lipinski definition) is 4. The van der Waals surface area contributed by atoms with E-state index in [1.54, 1.807) is 0 Å². The van der Waals surface area contributed by atoms with E-state index in [1.165, 1.54) is 38.5 Å². The molecular weight excluding hydrogens is 789 g/mol. The quantitative estimate of drug-likeness (QED) is 0.0203. The molecule has 0 saturated carbocycles. The van der Waals surface area contributed by atoms with Crippen LogP contribution in [0.5, 0.6) is 0 Å². The second-order valence-corrected chi connectivity index (χ2v) is 16.8. The summed E-state index contributed by atoms with van der Waals surface area (Å²) in [5, 5.41) is 30.8.